The number of carbonyl (C=O) groups excluding carboxylic acids is 4. The zero-order valence-corrected chi connectivity index (χ0v) is 23.4. The summed E-state index contributed by atoms with van der Waals surface area (Å²) in [5, 5.41) is 39.7. The molecular formula is C28H34O14. The van der Waals surface area contributed by atoms with Gasteiger partial charge in [0.05, 0.1) is 6.61 Å². The van der Waals surface area contributed by atoms with Gasteiger partial charge in [-0.25, -0.2) is 0 Å². The van der Waals surface area contributed by atoms with Crippen molar-refractivity contribution in [1.82, 2.24) is 0 Å². The molecule has 0 spiro atoms. The molecule has 3 rings (SSSR count). The third-order valence-corrected chi connectivity index (χ3v) is 6.46. The standard InChI is InChI=1S/C28H34O14/c1-13(30)37-12-21-26(38-14(2)31)28(40-16(4)33)27(39-15(3)32)25(42-21)18-7-5-6-17(10-18)8-9-19-22(34)24(36)23(35)20(11-29)41-19/h5-7,10,19-29,34-36H,11-12H2,1-4H3/t19-,20-,21-,22-,23-,24-,25-,26-,27-,28+/m1/s1. The summed E-state index contributed by atoms with van der Waals surface area (Å²) in [4.78, 5) is 47.7. The molecule has 14 nitrogen and oxygen atoms in total. The van der Waals surface area contributed by atoms with E-state index in [4.69, 9.17) is 28.4 Å². The van der Waals surface area contributed by atoms with Gasteiger partial charge in [0.25, 0.3) is 0 Å². The van der Waals surface area contributed by atoms with Gasteiger partial charge in [-0.15, -0.1) is 0 Å². The van der Waals surface area contributed by atoms with E-state index in [9.17, 15) is 39.6 Å². The predicted molar refractivity (Wildman–Crippen MR) is 138 cm³/mol. The lowest BCUT2D eigenvalue weighted by Crippen LogP contribution is -2.59. The molecule has 0 aromatic heterocycles. The Morgan fingerprint density at radius 2 is 1.40 bits per heavy atom. The fourth-order valence-corrected chi connectivity index (χ4v) is 4.67. The number of rotatable bonds is 7. The molecule has 0 bridgehead atoms. The first-order valence-electron chi connectivity index (χ1n) is 13.0. The van der Waals surface area contributed by atoms with Gasteiger partial charge in [0.2, 0.25) is 0 Å². The molecule has 1 aromatic carbocycles. The molecule has 1 aromatic rings. The maximum absolute atomic E-state index is 12.1. The molecule has 2 fully saturated rings. The first-order chi connectivity index (χ1) is 19.8. The second-order valence-corrected chi connectivity index (χ2v) is 9.76. The number of aliphatic hydroxyl groups excluding tert-OH is 4. The molecule has 2 saturated heterocycles. The topological polar surface area (TPSA) is 205 Å². The quantitative estimate of drug-likeness (QED) is 0.164. The van der Waals surface area contributed by atoms with Gasteiger partial charge in [0.15, 0.2) is 18.3 Å². The summed E-state index contributed by atoms with van der Waals surface area (Å²) in [5.41, 5.74) is 0.741. The molecule has 2 aliphatic heterocycles. The van der Waals surface area contributed by atoms with Crippen LogP contribution in [-0.2, 0) is 47.6 Å². The maximum Gasteiger partial charge on any atom is 0.303 e. The van der Waals surface area contributed by atoms with Crippen molar-refractivity contribution < 1.29 is 68.0 Å². The number of hydrogen-bond donors (Lipinski definition) is 4. The zero-order chi connectivity index (χ0) is 31.1. The molecule has 0 unspecified atom stereocenters. The number of esters is 4. The highest BCUT2D eigenvalue weighted by atomic mass is 16.7. The Morgan fingerprint density at radius 3 is 2.00 bits per heavy atom. The lowest BCUT2D eigenvalue weighted by Gasteiger charge is -2.44. The smallest absolute Gasteiger partial charge is 0.303 e. The highest BCUT2D eigenvalue weighted by Crippen LogP contribution is 2.38. The Kier molecular flexibility index (Phi) is 11.4. The third-order valence-electron chi connectivity index (χ3n) is 6.46. The first-order valence-corrected chi connectivity index (χ1v) is 13.0. The summed E-state index contributed by atoms with van der Waals surface area (Å²) in [6.45, 7) is 3.56. The van der Waals surface area contributed by atoms with Crippen LogP contribution in [0.15, 0.2) is 24.3 Å². The Morgan fingerprint density at radius 1 is 0.786 bits per heavy atom. The highest BCUT2D eigenvalue weighted by Gasteiger charge is 2.52. The van der Waals surface area contributed by atoms with Gasteiger partial charge in [-0.05, 0) is 17.7 Å². The summed E-state index contributed by atoms with van der Waals surface area (Å²) >= 11 is 0. The van der Waals surface area contributed by atoms with E-state index in [0.29, 0.717) is 11.1 Å². The van der Waals surface area contributed by atoms with Gasteiger partial charge < -0.3 is 48.8 Å². The maximum atomic E-state index is 12.1. The van der Waals surface area contributed by atoms with Crippen molar-refractivity contribution in [3.8, 4) is 11.8 Å². The average Bonchev–Trinajstić information content (AvgIpc) is 2.92. The van der Waals surface area contributed by atoms with E-state index in [1.807, 2.05) is 0 Å². The molecule has 10 atom stereocenters. The average molecular weight is 595 g/mol. The van der Waals surface area contributed by atoms with Crippen LogP contribution in [0, 0.1) is 11.8 Å². The number of ether oxygens (including phenoxy) is 6. The van der Waals surface area contributed by atoms with Crippen molar-refractivity contribution in [3.05, 3.63) is 35.4 Å². The van der Waals surface area contributed by atoms with E-state index < -0.39 is 91.5 Å². The minimum absolute atomic E-state index is 0.359. The number of benzene rings is 1. The highest BCUT2D eigenvalue weighted by molar-refractivity contribution is 5.69. The van der Waals surface area contributed by atoms with Gasteiger partial charge in [0.1, 0.15) is 49.3 Å². The third kappa shape index (κ3) is 8.25. The van der Waals surface area contributed by atoms with Crippen molar-refractivity contribution in [2.24, 2.45) is 0 Å². The van der Waals surface area contributed by atoms with Gasteiger partial charge in [-0.2, -0.15) is 0 Å². The van der Waals surface area contributed by atoms with Crippen LogP contribution in [0.25, 0.3) is 0 Å². The minimum atomic E-state index is -1.60. The predicted octanol–water partition coefficient (Wildman–Crippen LogP) is -1.32. The van der Waals surface area contributed by atoms with E-state index >= 15 is 0 Å². The van der Waals surface area contributed by atoms with Gasteiger partial charge >= 0.3 is 23.9 Å². The van der Waals surface area contributed by atoms with E-state index in [1.165, 1.54) is 6.92 Å². The SMILES string of the molecule is CC(=O)OC[C@H]1O[C@H](c2cccc(C#C[C@H]3O[C@H](CO)[C@@H](O)[C@H](O)[C@@H]3O)c2)[C@@H](OC(C)=O)[C@@H](OC(C)=O)[C@@H]1OC(C)=O. The van der Waals surface area contributed by atoms with Gasteiger partial charge in [0, 0.05) is 33.3 Å². The summed E-state index contributed by atoms with van der Waals surface area (Å²) < 4.78 is 33.0. The molecule has 0 amide bonds. The number of hydrogen-bond acceptors (Lipinski definition) is 14. The summed E-state index contributed by atoms with van der Waals surface area (Å²) in [6.07, 6.45) is -13.3. The molecule has 230 valence electrons. The van der Waals surface area contributed by atoms with Crippen molar-refractivity contribution in [1.29, 1.82) is 0 Å². The summed E-state index contributed by atoms with van der Waals surface area (Å²) in [7, 11) is 0. The molecule has 4 N–H and O–H groups in total. The van der Waals surface area contributed by atoms with Crippen LogP contribution < -0.4 is 0 Å². The Balaban J connectivity index is 2.00. The molecule has 14 heteroatoms. The van der Waals surface area contributed by atoms with E-state index in [-0.39, 0.29) is 6.61 Å². The summed E-state index contributed by atoms with van der Waals surface area (Å²) in [5.74, 6) is 2.55. The molecule has 2 aliphatic rings. The Labute approximate surface area is 241 Å². The second-order valence-electron chi connectivity index (χ2n) is 9.76. The lowest BCUT2D eigenvalue weighted by atomic mass is 9.89. The zero-order valence-electron chi connectivity index (χ0n) is 23.4. The number of carbonyl (C=O) groups is 4. The lowest BCUT2D eigenvalue weighted by molar-refractivity contribution is -0.254. The van der Waals surface area contributed by atoms with Crippen molar-refractivity contribution >= 4 is 23.9 Å². The second kappa shape index (κ2) is 14.5. The van der Waals surface area contributed by atoms with Crippen LogP contribution in [0.1, 0.15) is 44.9 Å². The van der Waals surface area contributed by atoms with E-state index in [0.717, 1.165) is 20.8 Å². The van der Waals surface area contributed by atoms with Gasteiger partial charge in [-0.1, -0.05) is 24.0 Å². The first kappa shape index (κ1) is 32.9. The van der Waals surface area contributed by atoms with Crippen molar-refractivity contribution in [3.63, 3.8) is 0 Å². The normalized spacial score (nSPS) is 32.5. The van der Waals surface area contributed by atoms with E-state index in [1.54, 1.807) is 24.3 Å². The van der Waals surface area contributed by atoms with Gasteiger partial charge in [-0.3, -0.25) is 19.2 Å². The van der Waals surface area contributed by atoms with E-state index in [2.05, 4.69) is 11.8 Å². The van der Waals surface area contributed by atoms with Crippen LogP contribution in [0.4, 0.5) is 0 Å². The largest absolute Gasteiger partial charge is 0.463 e. The fraction of sp³-hybridized carbons (Fsp3) is 0.571. The monoisotopic (exact) mass is 594 g/mol. The van der Waals surface area contributed by atoms with Crippen LogP contribution in [0.2, 0.25) is 0 Å². The van der Waals surface area contributed by atoms with Crippen LogP contribution in [-0.4, -0.2) is 112 Å². The molecule has 42 heavy (non-hydrogen) atoms. The Bertz CT molecular complexity index is 1200. The number of aliphatic hydroxyl groups is 4. The molecule has 0 radical (unpaired) electrons. The fourth-order valence-electron chi connectivity index (χ4n) is 4.67. The summed E-state index contributed by atoms with van der Waals surface area (Å²) in [6, 6.07) is 6.37. The van der Waals surface area contributed by atoms with Crippen LogP contribution >= 0.6 is 0 Å². The molecule has 0 saturated carbocycles. The van der Waals surface area contributed by atoms with Crippen LogP contribution in [0.3, 0.4) is 0 Å². The minimum Gasteiger partial charge on any atom is -0.463 e. The van der Waals surface area contributed by atoms with Crippen molar-refractivity contribution in [2.45, 2.75) is 88.7 Å². The molecule has 0 aliphatic carbocycles. The van der Waals surface area contributed by atoms with Crippen molar-refractivity contribution in [2.75, 3.05) is 13.2 Å². The molecular weight excluding hydrogens is 560 g/mol. The molecule has 2 heterocycles. The Hall–Kier alpha value is -3.58. The van der Waals surface area contributed by atoms with Crippen LogP contribution in [0.5, 0.6) is 0 Å².